The van der Waals surface area contributed by atoms with Gasteiger partial charge >= 0.3 is 0 Å². The van der Waals surface area contributed by atoms with Gasteiger partial charge in [0.1, 0.15) is 12.4 Å². The van der Waals surface area contributed by atoms with Gasteiger partial charge in [-0.3, -0.25) is 9.59 Å². The van der Waals surface area contributed by atoms with Crippen LogP contribution in [0.3, 0.4) is 0 Å². The zero-order valence-corrected chi connectivity index (χ0v) is 18.1. The van der Waals surface area contributed by atoms with Crippen LogP contribution in [0, 0.1) is 11.8 Å². The number of carbonyl (C=O) groups excluding carboxylic acids is 2. The average molecular weight is 436 g/mol. The number of carbonyl (C=O) groups is 2. The van der Waals surface area contributed by atoms with Gasteiger partial charge in [-0.1, -0.05) is 12.1 Å². The number of hydrogen-bond acceptors (Lipinski definition) is 5. The number of nitrogens with zero attached hydrogens (tertiary/aromatic N) is 2. The molecule has 5 atom stereocenters. The molecule has 2 aliphatic carbocycles. The lowest BCUT2D eigenvalue weighted by Gasteiger charge is -2.44. The molecule has 1 aromatic rings. The number of piperidine rings is 1. The standard InChI is InChI=1S/C22H29N3O4.ClH/c1-28-17-8-4-13(5-9-17)20-21(29-12-18(26)25(20)16-6-7-16)22(27)24-10-14-2-3-15(11-24)19(14)23;/h4-5,8-9,14-16,19-21H,2-3,6-7,10-12,23H2,1H3;1H/t14-,15+,19?,20-,21+;/m1./s1. The number of benzene rings is 1. The first kappa shape index (κ1) is 21.4. The third kappa shape index (κ3) is 3.67. The van der Waals surface area contributed by atoms with Crippen LogP contribution in [0.15, 0.2) is 24.3 Å². The number of halogens is 1. The molecule has 0 aromatic heterocycles. The number of rotatable bonds is 4. The molecule has 7 nitrogen and oxygen atoms in total. The van der Waals surface area contributed by atoms with E-state index in [9.17, 15) is 9.59 Å². The summed E-state index contributed by atoms with van der Waals surface area (Å²) in [7, 11) is 1.63. The lowest BCUT2D eigenvalue weighted by atomic mass is 9.91. The maximum Gasteiger partial charge on any atom is 0.254 e. The zero-order chi connectivity index (χ0) is 20.1. The highest BCUT2D eigenvalue weighted by atomic mass is 35.5. The Balaban J connectivity index is 0.00000218. The van der Waals surface area contributed by atoms with Crippen molar-refractivity contribution in [3.63, 3.8) is 0 Å². The fourth-order valence-electron chi connectivity index (χ4n) is 5.38. The predicted molar refractivity (Wildman–Crippen MR) is 113 cm³/mol. The Labute approximate surface area is 183 Å². The largest absolute Gasteiger partial charge is 0.497 e. The Bertz CT molecular complexity index is 786. The van der Waals surface area contributed by atoms with Crippen LogP contribution in [-0.2, 0) is 14.3 Å². The number of amides is 2. The van der Waals surface area contributed by atoms with Crippen LogP contribution >= 0.6 is 12.4 Å². The SMILES string of the molecule is COc1ccc([C@@H]2[C@@H](C(=O)N3C[C@H]4CC[C@@H](C3)C4N)OCC(=O)N2C2CC2)cc1.Cl. The Morgan fingerprint density at radius 3 is 2.30 bits per heavy atom. The maximum atomic E-state index is 13.6. The molecule has 2 heterocycles. The lowest BCUT2D eigenvalue weighted by Crippen LogP contribution is -2.59. The van der Waals surface area contributed by atoms with Crippen molar-refractivity contribution in [2.75, 3.05) is 26.8 Å². The van der Waals surface area contributed by atoms with E-state index in [1.165, 1.54) is 0 Å². The summed E-state index contributed by atoms with van der Waals surface area (Å²) in [5.74, 6) is 1.47. The fraction of sp³-hybridized carbons (Fsp3) is 0.636. The molecular weight excluding hydrogens is 406 g/mol. The van der Waals surface area contributed by atoms with Gasteiger partial charge in [0.15, 0.2) is 6.10 Å². The van der Waals surface area contributed by atoms with Gasteiger partial charge in [-0.2, -0.15) is 0 Å². The van der Waals surface area contributed by atoms with Gasteiger partial charge in [-0.25, -0.2) is 0 Å². The molecule has 4 aliphatic rings. The summed E-state index contributed by atoms with van der Waals surface area (Å²) in [6.45, 7) is 1.37. The molecule has 2 amide bonds. The van der Waals surface area contributed by atoms with Gasteiger partial charge in [-0.05, 0) is 55.2 Å². The van der Waals surface area contributed by atoms with Crippen molar-refractivity contribution in [1.29, 1.82) is 0 Å². The quantitative estimate of drug-likeness (QED) is 0.778. The van der Waals surface area contributed by atoms with Crippen LogP contribution in [0.4, 0.5) is 0 Å². The first-order valence-electron chi connectivity index (χ1n) is 10.7. The van der Waals surface area contributed by atoms with Crippen molar-refractivity contribution >= 4 is 24.2 Å². The van der Waals surface area contributed by atoms with E-state index in [0.717, 1.165) is 37.0 Å². The van der Waals surface area contributed by atoms with Crippen LogP contribution in [-0.4, -0.2) is 66.6 Å². The van der Waals surface area contributed by atoms with Crippen molar-refractivity contribution in [2.45, 2.75) is 49.9 Å². The number of ether oxygens (including phenoxy) is 2. The first-order valence-corrected chi connectivity index (χ1v) is 10.7. The van der Waals surface area contributed by atoms with Gasteiger partial charge in [0.2, 0.25) is 5.91 Å². The molecule has 2 aliphatic heterocycles. The highest BCUT2D eigenvalue weighted by Gasteiger charge is 2.50. The molecule has 2 saturated heterocycles. The Kier molecular flexibility index (Phi) is 5.97. The predicted octanol–water partition coefficient (Wildman–Crippen LogP) is 1.74. The number of methoxy groups -OCH3 is 1. The molecule has 0 radical (unpaired) electrons. The van der Waals surface area contributed by atoms with Gasteiger partial charge in [0.25, 0.3) is 5.91 Å². The number of nitrogens with two attached hydrogens (primary N) is 1. The van der Waals surface area contributed by atoms with Crippen LogP contribution in [0.1, 0.15) is 37.3 Å². The monoisotopic (exact) mass is 435 g/mol. The van der Waals surface area contributed by atoms with Gasteiger partial charge in [0.05, 0.1) is 13.2 Å². The zero-order valence-electron chi connectivity index (χ0n) is 17.2. The van der Waals surface area contributed by atoms with E-state index in [4.69, 9.17) is 15.2 Å². The summed E-state index contributed by atoms with van der Waals surface area (Å²) in [6, 6.07) is 7.65. The molecule has 2 N–H and O–H groups in total. The van der Waals surface area contributed by atoms with Crippen molar-refractivity contribution in [3.05, 3.63) is 29.8 Å². The Morgan fingerprint density at radius 2 is 1.73 bits per heavy atom. The topological polar surface area (TPSA) is 85.1 Å². The first-order chi connectivity index (χ1) is 14.1. The normalized spacial score (nSPS) is 33.3. The van der Waals surface area contributed by atoms with Crippen LogP contribution in [0.5, 0.6) is 5.75 Å². The van der Waals surface area contributed by atoms with E-state index in [1.807, 2.05) is 34.1 Å². The number of fused-ring (bicyclic) bond motifs is 2. The average Bonchev–Trinajstić information content (AvgIpc) is 3.55. The Hall–Kier alpha value is -1.83. The summed E-state index contributed by atoms with van der Waals surface area (Å²) in [5, 5.41) is 0. The third-order valence-corrected chi connectivity index (χ3v) is 7.12. The number of likely N-dealkylation sites (tertiary alicyclic amines) is 1. The minimum absolute atomic E-state index is 0. The molecule has 164 valence electrons. The number of morpholine rings is 1. The molecule has 2 saturated carbocycles. The van der Waals surface area contributed by atoms with E-state index in [2.05, 4.69) is 0 Å². The minimum Gasteiger partial charge on any atom is -0.497 e. The molecule has 1 unspecified atom stereocenters. The molecule has 0 spiro atoms. The maximum absolute atomic E-state index is 13.6. The summed E-state index contributed by atoms with van der Waals surface area (Å²) in [6.07, 6.45) is 3.49. The van der Waals surface area contributed by atoms with Crippen LogP contribution in [0.25, 0.3) is 0 Å². The van der Waals surface area contributed by atoms with Crippen molar-refractivity contribution in [2.24, 2.45) is 17.6 Å². The van der Waals surface area contributed by atoms with E-state index >= 15 is 0 Å². The smallest absolute Gasteiger partial charge is 0.254 e. The van der Waals surface area contributed by atoms with Crippen LogP contribution in [0.2, 0.25) is 0 Å². The molecule has 8 heteroatoms. The van der Waals surface area contributed by atoms with Crippen molar-refractivity contribution in [3.8, 4) is 5.75 Å². The van der Waals surface area contributed by atoms with E-state index in [-0.39, 0.29) is 42.9 Å². The van der Waals surface area contributed by atoms with E-state index < -0.39 is 12.1 Å². The summed E-state index contributed by atoms with van der Waals surface area (Å²) in [4.78, 5) is 30.1. The Morgan fingerprint density at radius 1 is 1.10 bits per heavy atom. The lowest BCUT2D eigenvalue weighted by molar-refractivity contribution is -0.171. The van der Waals surface area contributed by atoms with E-state index in [0.29, 0.717) is 24.9 Å². The minimum atomic E-state index is -0.671. The van der Waals surface area contributed by atoms with Gasteiger partial charge in [-0.15, -0.1) is 12.4 Å². The summed E-state index contributed by atoms with van der Waals surface area (Å²) >= 11 is 0. The summed E-state index contributed by atoms with van der Waals surface area (Å²) < 4.78 is 11.2. The molecule has 4 fully saturated rings. The molecule has 2 bridgehead atoms. The highest BCUT2D eigenvalue weighted by Crippen LogP contribution is 2.42. The second-order valence-corrected chi connectivity index (χ2v) is 8.90. The molecule has 1 aromatic carbocycles. The van der Waals surface area contributed by atoms with Crippen molar-refractivity contribution < 1.29 is 19.1 Å². The molecule has 5 rings (SSSR count). The summed E-state index contributed by atoms with van der Waals surface area (Å²) in [5.41, 5.74) is 7.24. The number of hydrogen-bond donors (Lipinski definition) is 1. The second kappa shape index (κ2) is 8.36. The molecular formula is C22H30ClN3O4. The van der Waals surface area contributed by atoms with Gasteiger partial charge < -0.3 is 25.0 Å². The molecule has 30 heavy (non-hydrogen) atoms. The highest BCUT2D eigenvalue weighted by molar-refractivity contribution is 5.87. The van der Waals surface area contributed by atoms with Gasteiger partial charge in [0, 0.05) is 25.2 Å². The van der Waals surface area contributed by atoms with E-state index in [1.54, 1.807) is 7.11 Å². The fourth-order valence-corrected chi connectivity index (χ4v) is 5.38. The van der Waals surface area contributed by atoms with Crippen molar-refractivity contribution in [1.82, 2.24) is 9.80 Å². The third-order valence-electron chi connectivity index (χ3n) is 7.12. The van der Waals surface area contributed by atoms with Crippen LogP contribution < -0.4 is 10.5 Å². The second-order valence-electron chi connectivity index (χ2n) is 8.90.